The van der Waals surface area contributed by atoms with Gasteiger partial charge < -0.3 is 15.0 Å². The van der Waals surface area contributed by atoms with Gasteiger partial charge in [-0.05, 0) is 19.1 Å². The van der Waals surface area contributed by atoms with E-state index in [1.807, 2.05) is 24.3 Å². The molecule has 0 bridgehead atoms. The maximum atomic E-state index is 12.1. The highest BCUT2D eigenvalue weighted by molar-refractivity contribution is 8.01. The maximum absolute atomic E-state index is 12.1. The van der Waals surface area contributed by atoms with Gasteiger partial charge in [0, 0.05) is 18.5 Å². The summed E-state index contributed by atoms with van der Waals surface area (Å²) in [5.41, 5.74) is 0.727. The number of hydrogen-bond donors (Lipinski definition) is 1. The van der Waals surface area contributed by atoms with E-state index in [-0.39, 0.29) is 31.2 Å². The maximum Gasteiger partial charge on any atom is 0.308 e. The Bertz CT molecular complexity index is 716. The third kappa shape index (κ3) is 4.97. The summed E-state index contributed by atoms with van der Waals surface area (Å²) in [6, 6.07) is 9.30. The Morgan fingerprint density at radius 2 is 2.16 bits per heavy atom. The Hall–Kier alpha value is -2.53. The summed E-state index contributed by atoms with van der Waals surface area (Å²) in [6.07, 6.45) is -0.869. The minimum atomic E-state index is -0.958. The molecule has 0 spiro atoms. The molecule has 0 aromatic heterocycles. The van der Waals surface area contributed by atoms with Crippen LogP contribution in [0.1, 0.15) is 19.8 Å². The van der Waals surface area contributed by atoms with E-state index in [0.717, 1.165) is 10.6 Å². The molecule has 25 heavy (non-hydrogen) atoms. The van der Waals surface area contributed by atoms with Crippen molar-refractivity contribution in [1.29, 1.82) is 5.26 Å². The van der Waals surface area contributed by atoms with E-state index in [4.69, 9.17) is 10.00 Å². The van der Waals surface area contributed by atoms with Crippen molar-refractivity contribution in [1.82, 2.24) is 4.90 Å². The lowest BCUT2D eigenvalue weighted by atomic mass is 10.2. The predicted molar refractivity (Wildman–Crippen MR) is 92.8 cm³/mol. The van der Waals surface area contributed by atoms with Crippen LogP contribution in [-0.2, 0) is 19.1 Å². The number of hydrogen-bond acceptors (Lipinski definition) is 6. The van der Waals surface area contributed by atoms with Gasteiger partial charge in [-0.2, -0.15) is 5.26 Å². The molecule has 1 aliphatic rings. The van der Waals surface area contributed by atoms with Crippen molar-refractivity contribution in [2.24, 2.45) is 0 Å². The average molecular weight is 361 g/mol. The average Bonchev–Trinajstić information content (AvgIpc) is 2.59. The Morgan fingerprint density at radius 3 is 2.88 bits per heavy atom. The minimum absolute atomic E-state index is 0.121. The van der Waals surface area contributed by atoms with Crippen LogP contribution in [0.15, 0.2) is 29.2 Å². The molecule has 8 heteroatoms. The van der Waals surface area contributed by atoms with Crippen LogP contribution in [0.5, 0.6) is 0 Å². The fraction of sp³-hybridized carbons (Fsp3) is 0.412. The minimum Gasteiger partial charge on any atom is -0.452 e. The van der Waals surface area contributed by atoms with Crippen LogP contribution < -0.4 is 5.32 Å². The number of benzene rings is 1. The van der Waals surface area contributed by atoms with Gasteiger partial charge in [-0.1, -0.05) is 12.1 Å². The van der Waals surface area contributed by atoms with Crippen molar-refractivity contribution in [2.45, 2.75) is 36.0 Å². The topological polar surface area (TPSA) is 99.5 Å². The number of nitrogens with zero attached hydrogens (tertiary/aromatic N) is 2. The largest absolute Gasteiger partial charge is 0.452 e. The Balaban J connectivity index is 1.89. The van der Waals surface area contributed by atoms with Gasteiger partial charge in [-0.3, -0.25) is 14.4 Å². The number of amides is 2. The normalized spacial score (nSPS) is 16.8. The van der Waals surface area contributed by atoms with Crippen LogP contribution >= 0.6 is 11.8 Å². The second-order valence-electron chi connectivity index (χ2n) is 5.60. The molecule has 2 atom stereocenters. The van der Waals surface area contributed by atoms with Crippen LogP contribution in [0, 0.1) is 11.3 Å². The second kappa shape index (κ2) is 8.53. The lowest BCUT2D eigenvalue weighted by molar-refractivity contribution is -0.158. The van der Waals surface area contributed by atoms with Crippen molar-refractivity contribution >= 4 is 35.2 Å². The molecule has 0 fully saturated rings. The zero-order chi connectivity index (χ0) is 18.4. The molecule has 0 saturated heterocycles. The highest BCUT2D eigenvalue weighted by Crippen LogP contribution is 2.36. The molecule has 2 amide bonds. The van der Waals surface area contributed by atoms with Crippen LogP contribution in [0.3, 0.4) is 0 Å². The molecule has 7 nitrogen and oxygen atoms in total. The standard InChI is InChI=1S/C17H19N3O4S/c1-11(17(23)20(2)9-5-8-18)24-15(21)10-14-16(22)19-12-6-3-4-7-13(12)25-14/h3-4,6-7,11,14H,5,9-10H2,1-2H3,(H,19,22)/t11-,14+/m0/s1. The predicted octanol–water partition coefficient (Wildman–Crippen LogP) is 1.79. The van der Waals surface area contributed by atoms with Crippen LogP contribution in [0.2, 0.25) is 0 Å². The summed E-state index contributed by atoms with van der Waals surface area (Å²) in [7, 11) is 1.55. The van der Waals surface area contributed by atoms with Crippen molar-refractivity contribution < 1.29 is 19.1 Å². The number of ether oxygens (including phenoxy) is 1. The van der Waals surface area contributed by atoms with Gasteiger partial charge in [0.15, 0.2) is 6.10 Å². The number of esters is 1. The molecule has 1 N–H and O–H groups in total. The van der Waals surface area contributed by atoms with Crippen molar-refractivity contribution in [3.8, 4) is 6.07 Å². The molecule has 1 aromatic rings. The highest BCUT2D eigenvalue weighted by atomic mass is 32.2. The molecule has 0 radical (unpaired) electrons. The number of carbonyl (C=O) groups is 3. The van der Waals surface area contributed by atoms with Crippen molar-refractivity contribution in [2.75, 3.05) is 18.9 Å². The quantitative estimate of drug-likeness (QED) is 0.776. The van der Waals surface area contributed by atoms with Gasteiger partial charge in [-0.15, -0.1) is 11.8 Å². The lowest BCUT2D eigenvalue weighted by Crippen LogP contribution is -2.39. The zero-order valence-corrected chi connectivity index (χ0v) is 14.8. The van der Waals surface area contributed by atoms with Crippen LogP contribution in [0.4, 0.5) is 5.69 Å². The van der Waals surface area contributed by atoms with E-state index in [1.165, 1.54) is 23.6 Å². The number of rotatable bonds is 6. The van der Waals surface area contributed by atoms with E-state index < -0.39 is 17.3 Å². The molecule has 0 saturated carbocycles. The number of nitriles is 1. The second-order valence-corrected chi connectivity index (χ2v) is 6.84. The highest BCUT2D eigenvalue weighted by Gasteiger charge is 2.30. The molecule has 0 aliphatic carbocycles. The lowest BCUT2D eigenvalue weighted by Gasteiger charge is -2.24. The first-order chi connectivity index (χ1) is 11.9. The number of para-hydroxylation sites is 1. The van der Waals surface area contributed by atoms with Crippen molar-refractivity contribution in [3.05, 3.63) is 24.3 Å². The Kier molecular flexibility index (Phi) is 6.42. The van der Waals surface area contributed by atoms with E-state index in [1.54, 1.807) is 13.1 Å². The van der Waals surface area contributed by atoms with Gasteiger partial charge in [-0.25, -0.2) is 0 Å². The van der Waals surface area contributed by atoms with E-state index in [2.05, 4.69) is 5.32 Å². The number of fused-ring (bicyclic) bond motifs is 1. The number of thioether (sulfide) groups is 1. The first kappa shape index (κ1) is 18.8. The third-order valence-corrected chi connectivity index (χ3v) is 4.93. The molecule has 1 aliphatic heterocycles. The monoisotopic (exact) mass is 361 g/mol. The first-order valence-corrected chi connectivity index (χ1v) is 8.68. The van der Waals surface area contributed by atoms with Gasteiger partial charge in [0.2, 0.25) is 5.91 Å². The molecule has 0 unspecified atom stereocenters. The fourth-order valence-electron chi connectivity index (χ4n) is 2.31. The van der Waals surface area contributed by atoms with Crippen LogP contribution in [-0.4, -0.2) is 47.6 Å². The van der Waals surface area contributed by atoms with Crippen molar-refractivity contribution in [3.63, 3.8) is 0 Å². The number of carbonyl (C=O) groups excluding carboxylic acids is 3. The summed E-state index contributed by atoms with van der Waals surface area (Å²) in [4.78, 5) is 38.5. The van der Waals surface area contributed by atoms with Gasteiger partial charge in [0.1, 0.15) is 0 Å². The number of nitrogens with one attached hydrogen (secondary N) is 1. The summed E-state index contributed by atoms with van der Waals surface area (Å²) in [6.45, 7) is 1.75. The molecular formula is C17H19N3O4S. The number of likely N-dealkylation sites (N-methyl/N-ethyl adjacent to an activating group) is 1. The molecule has 2 rings (SSSR count). The van der Waals surface area contributed by atoms with E-state index in [9.17, 15) is 14.4 Å². The van der Waals surface area contributed by atoms with Gasteiger partial charge >= 0.3 is 5.97 Å². The van der Waals surface area contributed by atoms with E-state index in [0.29, 0.717) is 0 Å². The Morgan fingerprint density at radius 1 is 1.44 bits per heavy atom. The number of anilines is 1. The molecule has 132 valence electrons. The Labute approximate surface area is 150 Å². The molecule has 1 aromatic carbocycles. The zero-order valence-electron chi connectivity index (χ0n) is 14.0. The molecular weight excluding hydrogens is 342 g/mol. The van der Waals surface area contributed by atoms with Gasteiger partial charge in [0.05, 0.1) is 29.8 Å². The van der Waals surface area contributed by atoms with E-state index >= 15 is 0 Å². The summed E-state index contributed by atoms with van der Waals surface area (Å²) in [5.74, 6) is -1.25. The molecule has 1 heterocycles. The smallest absolute Gasteiger partial charge is 0.308 e. The summed E-state index contributed by atoms with van der Waals surface area (Å²) >= 11 is 1.30. The van der Waals surface area contributed by atoms with Crippen LogP contribution in [0.25, 0.3) is 0 Å². The van der Waals surface area contributed by atoms with Gasteiger partial charge in [0.25, 0.3) is 5.91 Å². The fourth-order valence-corrected chi connectivity index (χ4v) is 3.41. The first-order valence-electron chi connectivity index (χ1n) is 7.80. The summed E-state index contributed by atoms with van der Waals surface area (Å²) < 4.78 is 5.15. The SMILES string of the molecule is C[C@H](OC(=O)C[C@H]1Sc2ccccc2NC1=O)C(=O)N(C)CCC#N. The third-order valence-electron chi connectivity index (χ3n) is 3.65. The summed E-state index contributed by atoms with van der Waals surface area (Å²) in [5, 5.41) is 10.7.